The van der Waals surface area contributed by atoms with Crippen LogP contribution in [0.1, 0.15) is 49.5 Å². The van der Waals surface area contributed by atoms with Gasteiger partial charge in [0, 0.05) is 12.1 Å². The summed E-state index contributed by atoms with van der Waals surface area (Å²) in [7, 11) is 0. The van der Waals surface area contributed by atoms with Gasteiger partial charge in [0.25, 0.3) is 0 Å². The lowest BCUT2D eigenvalue weighted by Gasteiger charge is -2.28. The van der Waals surface area contributed by atoms with Gasteiger partial charge in [-0.3, -0.25) is 0 Å². The minimum Gasteiger partial charge on any atom is -0.303 e. The molecule has 2 rings (SSSR count). The van der Waals surface area contributed by atoms with Gasteiger partial charge in [-0.2, -0.15) is 0 Å². The average molecular weight is 267 g/mol. The number of nitrogens with one attached hydrogen (secondary N) is 1. The Hall–Kier alpha value is -1.60. The molecule has 2 unspecified atom stereocenters. The van der Waals surface area contributed by atoms with Crippen molar-refractivity contribution in [2.75, 3.05) is 0 Å². The number of hydrogen-bond donors (Lipinski definition) is 1. The molecule has 0 saturated heterocycles. The molecule has 2 atom stereocenters. The molecule has 1 heteroatoms. The van der Waals surface area contributed by atoms with E-state index in [4.69, 9.17) is 0 Å². The summed E-state index contributed by atoms with van der Waals surface area (Å²) >= 11 is 0. The molecule has 0 amide bonds. The molecule has 0 aliphatic rings. The summed E-state index contributed by atoms with van der Waals surface area (Å²) in [6, 6.07) is 20.1. The SMILES string of the molecule is Cc1ccccc1C(C)NC(c1ccccc1)C(C)C. The van der Waals surface area contributed by atoms with Gasteiger partial charge >= 0.3 is 0 Å². The van der Waals surface area contributed by atoms with E-state index in [2.05, 4.69) is 87.6 Å². The highest BCUT2D eigenvalue weighted by Gasteiger charge is 2.19. The minimum absolute atomic E-state index is 0.351. The van der Waals surface area contributed by atoms with Crippen molar-refractivity contribution in [3.05, 3.63) is 71.3 Å². The van der Waals surface area contributed by atoms with E-state index in [1.807, 2.05) is 0 Å². The van der Waals surface area contributed by atoms with Crippen molar-refractivity contribution in [1.82, 2.24) is 5.32 Å². The van der Waals surface area contributed by atoms with Crippen LogP contribution >= 0.6 is 0 Å². The highest BCUT2D eigenvalue weighted by Crippen LogP contribution is 2.26. The molecule has 0 spiro atoms. The molecule has 0 aromatic heterocycles. The van der Waals surface area contributed by atoms with E-state index in [-0.39, 0.29) is 0 Å². The third-order valence-corrected chi connectivity index (χ3v) is 3.91. The van der Waals surface area contributed by atoms with Gasteiger partial charge in [0.2, 0.25) is 0 Å². The van der Waals surface area contributed by atoms with E-state index in [1.54, 1.807) is 0 Å². The van der Waals surface area contributed by atoms with Gasteiger partial charge in [0.1, 0.15) is 0 Å². The van der Waals surface area contributed by atoms with E-state index in [1.165, 1.54) is 16.7 Å². The van der Waals surface area contributed by atoms with Crippen molar-refractivity contribution in [3.63, 3.8) is 0 Å². The quantitative estimate of drug-likeness (QED) is 0.800. The highest BCUT2D eigenvalue weighted by atomic mass is 15.0. The maximum Gasteiger partial charge on any atom is 0.0348 e. The topological polar surface area (TPSA) is 12.0 Å². The van der Waals surface area contributed by atoms with Crippen LogP contribution in [0, 0.1) is 12.8 Å². The van der Waals surface area contributed by atoms with Crippen molar-refractivity contribution >= 4 is 0 Å². The molecule has 0 bridgehead atoms. The molecule has 20 heavy (non-hydrogen) atoms. The molecule has 1 nitrogen and oxygen atoms in total. The highest BCUT2D eigenvalue weighted by molar-refractivity contribution is 5.29. The third-order valence-electron chi connectivity index (χ3n) is 3.91. The van der Waals surface area contributed by atoms with E-state index in [0.29, 0.717) is 18.0 Å². The largest absolute Gasteiger partial charge is 0.303 e. The Labute approximate surface area is 123 Å². The van der Waals surface area contributed by atoms with Crippen LogP contribution in [0.15, 0.2) is 54.6 Å². The lowest BCUT2D eigenvalue weighted by atomic mass is 9.93. The lowest BCUT2D eigenvalue weighted by Crippen LogP contribution is -2.28. The smallest absolute Gasteiger partial charge is 0.0348 e. The predicted molar refractivity (Wildman–Crippen MR) is 86.8 cm³/mol. The summed E-state index contributed by atoms with van der Waals surface area (Å²) in [5, 5.41) is 3.79. The average Bonchev–Trinajstić information content (AvgIpc) is 2.45. The zero-order valence-electron chi connectivity index (χ0n) is 12.9. The van der Waals surface area contributed by atoms with Crippen molar-refractivity contribution in [2.24, 2.45) is 5.92 Å². The van der Waals surface area contributed by atoms with Gasteiger partial charge < -0.3 is 5.32 Å². The van der Waals surface area contributed by atoms with E-state index in [0.717, 1.165) is 0 Å². The standard InChI is InChI=1S/C19H25N/c1-14(2)19(17-11-6-5-7-12-17)20-16(4)18-13-9-8-10-15(18)3/h5-14,16,19-20H,1-4H3. The summed E-state index contributed by atoms with van der Waals surface area (Å²) in [5.41, 5.74) is 4.10. The van der Waals surface area contributed by atoms with Crippen LogP contribution in [-0.4, -0.2) is 0 Å². The monoisotopic (exact) mass is 267 g/mol. The second kappa shape index (κ2) is 6.71. The Morgan fingerprint density at radius 2 is 1.40 bits per heavy atom. The first-order chi connectivity index (χ1) is 9.59. The van der Waals surface area contributed by atoms with E-state index in [9.17, 15) is 0 Å². The molecule has 0 saturated carbocycles. The number of aryl methyl sites for hydroxylation is 1. The Balaban J connectivity index is 2.19. The molecular formula is C19H25N. The van der Waals surface area contributed by atoms with E-state index >= 15 is 0 Å². The Kier molecular flexibility index (Phi) is 4.97. The van der Waals surface area contributed by atoms with Crippen LogP contribution in [0.3, 0.4) is 0 Å². The Morgan fingerprint density at radius 1 is 0.800 bits per heavy atom. The third kappa shape index (κ3) is 3.49. The molecule has 2 aromatic rings. The summed E-state index contributed by atoms with van der Waals surface area (Å²) in [6.45, 7) is 8.98. The van der Waals surface area contributed by atoms with Crippen LogP contribution in [0.25, 0.3) is 0 Å². The molecule has 2 aromatic carbocycles. The first-order valence-electron chi connectivity index (χ1n) is 7.46. The molecule has 0 fully saturated rings. The summed E-state index contributed by atoms with van der Waals surface area (Å²) in [5.74, 6) is 0.559. The van der Waals surface area contributed by atoms with Gasteiger partial charge in [-0.05, 0) is 36.5 Å². The number of benzene rings is 2. The Bertz CT molecular complexity index is 530. The maximum atomic E-state index is 3.79. The van der Waals surface area contributed by atoms with Crippen molar-refractivity contribution in [3.8, 4) is 0 Å². The van der Waals surface area contributed by atoms with Gasteiger partial charge in [-0.15, -0.1) is 0 Å². The van der Waals surface area contributed by atoms with E-state index < -0.39 is 0 Å². The van der Waals surface area contributed by atoms with Crippen LogP contribution < -0.4 is 5.32 Å². The van der Waals surface area contributed by atoms with Gasteiger partial charge in [-0.1, -0.05) is 68.4 Å². The molecule has 106 valence electrons. The van der Waals surface area contributed by atoms with Gasteiger partial charge in [0.05, 0.1) is 0 Å². The molecule has 0 aliphatic carbocycles. The number of rotatable bonds is 5. The first-order valence-corrected chi connectivity index (χ1v) is 7.46. The summed E-state index contributed by atoms with van der Waals surface area (Å²) < 4.78 is 0. The van der Waals surface area contributed by atoms with Crippen molar-refractivity contribution in [1.29, 1.82) is 0 Å². The second-order valence-corrected chi connectivity index (χ2v) is 5.88. The predicted octanol–water partition coefficient (Wildman–Crippen LogP) is 5.04. The van der Waals surface area contributed by atoms with Crippen LogP contribution in [0.4, 0.5) is 0 Å². The maximum absolute atomic E-state index is 3.79. The molecular weight excluding hydrogens is 242 g/mol. The van der Waals surface area contributed by atoms with Crippen LogP contribution in [-0.2, 0) is 0 Å². The fraction of sp³-hybridized carbons (Fsp3) is 0.368. The lowest BCUT2D eigenvalue weighted by molar-refractivity contribution is 0.374. The van der Waals surface area contributed by atoms with Gasteiger partial charge in [-0.25, -0.2) is 0 Å². The minimum atomic E-state index is 0.351. The number of hydrogen-bond acceptors (Lipinski definition) is 1. The molecule has 0 aliphatic heterocycles. The molecule has 0 radical (unpaired) electrons. The van der Waals surface area contributed by atoms with Crippen LogP contribution in [0.2, 0.25) is 0 Å². The fourth-order valence-corrected chi connectivity index (χ4v) is 2.77. The fourth-order valence-electron chi connectivity index (χ4n) is 2.77. The van der Waals surface area contributed by atoms with Crippen LogP contribution in [0.5, 0.6) is 0 Å². The zero-order valence-corrected chi connectivity index (χ0v) is 12.9. The normalized spacial score (nSPS) is 14.2. The Morgan fingerprint density at radius 3 is 2.00 bits per heavy atom. The van der Waals surface area contributed by atoms with Gasteiger partial charge in [0.15, 0.2) is 0 Å². The zero-order chi connectivity index (χ0) is 14.5. The molecule has 0 heterocycles. The molecule has 1 N–H and O–H groups in total. The van der Waals surface area contributed by atoms with Crippen molar-refractivity contribution in [2.45, 2.75) is 39.8 Å². The summed E-state index contributed by atoms with van der Waals surface area (Å²) in [4.78, 5) is 0. The summed E-state index contributed by atoms with van der Waals surface area (Å²) in [6.07, 6.45) is 0. The second-order valence-electron chi connectivity index (χ2n) is 5.88. The van der Waals surface area contributed by atoms with Crippen molar-refractivity contribution < 1.29 is 0 Å². The first kappa shape index (κ1) is 14.8.